The maximum atomic E-state index is 10.5. The predicted octanol–water partition coefficient (Wildman–Crippen LogP) is 1.58. The van der Waals surface area contributed by atoms with Gasteiger partial charge in [-0.05, 0) is 29.8 Å². The summed E-state index contributed by atoms with van der Waals surface area (Å²) in [5.74, 6) is 0.773. The van der Waals surface area contributed by atoms with Gasteiger partial charge in [0.25, 0.3) is 0 Å². The minimum Gasteiger partial charge on any atom is -0.489 e. The predicted molar refractivity (Wildman–Crippen MR) is 72.8 cm³/mol. The van der Waals surface area contributed by atoms with Gasteiger partial charge in [0.2, 0.25) is 0 Å². The number of hydrogen-bond donors (Lipinski definition) is 2. The maximum Gasteiger partial charge on any atom is 0.482 e. The molecule has 0 bridgehead atoms. The smallest absolute Gasteiger partial charge is 0.482 e. The lowest BCUT2D eigenvalue weighted by Crippen LogP contribution is -1.94. The van der Waals surface area contributed by atoms with E-state index in [0.29, 0.717) is 12.2 Å². The average Bonchev–Trinajstić information content (AvgIpc) is 2.47. The number of ether oxygens (including phenoxy) is 1. The Morgan fingerprint density at radius 3 is 2.11 bits per heavy atom. The third-order valence-corrected chi connectivity index (χ3v) is 2.26. The van der Waals surface area contributed by atoms with Crippen molar-refractivity contribution < 1.29 is 19.6 Å². The Hall–Kier alpha value is -2.11. The van der Waals surface area contributed by atoms with Crippen LogP contribution in [0.4, 0.5) is 0 Å². The molecule has 0 spiro atoms. The summed E-state index contributed by atoms with van der Waals surface area (Å²) in [5, 5.41) is 14.0. The number of rotatable bonds is 4. The third kappa shape index (κ3) is 5.85. The van der Waals surface area contributed by atoms with E-state index in [1.54, 1.807) is 24.3 Å². The summed E-state index contributed by atoms with van der Waals surface area (Å²) < 4.78 is 5.58. The van der Waals surface area contributed by atoms with E-state index in [9.17, 15) is 4.79 Å². The molecule has 0 atom stereocenters. The summed E-state index contributed by atoms with van der Waals surface area (Å²) in [6.45, 7) is 0.543. The highest BCUT2D eigenvalue weighted by Crippen LogP contribution is 2.13. The lowest BCUT2D eigenvalue weighted by atomic mass is 10.2. The number of benzene rings is 2. The van der Waals surface area contributed by atoms with Crippen molar-refractivity contribution in [3.63, 3.8) is 0 Å². The summed E-state index contributed by atoms with van der Waals surface area (Å²) in [7, 11) is 0. The topological polar surface area (TPSA) is 66.8 Å². The number of aldehydes is 1. The van der Waals surface area contributed by atoms with Crippen molar-refractivity contribution >= 4 is 14.0 Å². The maximum absolute atomic E-state index is 10.5. The van der Waals surface area contributed by atoms with Crippen molar-refractivity contribution in [2.24, 2.45) is 0 Å². The first-order valence-corrected chi connectivity index (χ1v) is 5.62. The van der Waals surface area contributed by atoms with Gasteiger partial charge >= 0.3 is 7.69 Å². The van der Waals surface area contributed by atoms with Gasteiger partial charge in [-0.2, -0.15) is 0 Å². The molecular weight excluding hydrogens is 243 g/mol. The van der Waals surface area contributed by atoms with Crippen LogP contribution in [0.2, 0.25) is 0 Å². The molecular formula is C14H14BO4. The van der Waals surface area contributed by atoms with E-state index in [-0.39, 0.29) is 7.69 Å². The molecule has 2 rings (SSSR count). The SMILES string of the molecule is O=Cc1ccc(OCc2ccccc2)cc1.O[B]O. The first-order valence-electron chi connectivity index (χ1n) is 5.62. The second-order valence-electron chi connectivity index (χ2n) is 3.58. The largest absolute Gasteiger partial charge is 0.489 e. The zero-order valence-electron chi connectivity index (χ0n) is 10.3. The van der Waals surface area contributed by atoms with Crippen LogP contribution in [0, 0.1) is 0 Å². The van der Waals surface area contributed by atoms with Gasteiger partial charge in [0.15, 0.2) is 0 Å². The Morgan fingerprint density at radius 1 is 1.00 bits per heavy atom. The molecule has 0 saturated heterocycles. The number of hydrogen-bond acceptors (Lipinski definition) is 4. The summed E-state index contributed by atoms with van der Waals surface area (Å²) in [6, 6.07) is 17.0. The van der Waals surface area contributed by atoms with Crippen molar-refractivity contribution in [1.82, 2.24) is 0 Å². The van der Waals surface area contributed by atoms with Crippen LogP contribution in [0.25, 0.3) is 0 Å². The van der Waals surface area contributed by atoms with Crippen LogP contribution in [0.3, 0.4) is 0 Å². The lowest BCUT2D eigenvalue weighted by molar-refractivity contribution is 0.112. The van der Waals surface area contributed by atoms with Crippen molar-refractivity contribution in [3.05, 3.63) is 65.7 Å². The molecule has 4 nitrogen and oxygen atoms in total. The van der Waals surface area contributed by atoms with Crippen LogP contribution in [0.1, 0.15) is 15.9 Å². The van der Waals surface area contributed by atoms with Crippen molar-refractivity contribution in [1.29, 1.82) is 0 Å². The van der Waals surface area contributed by atoms with E-state index in [4.69, 9.17) is 14.8 Å². The van der Waals surface area contributed by atoms with Crippen LogP contribution in [0.15, 0.2) is 54.6 Å². The molecule has 0 amide bonds. The van der Waals surface area contributed by atoms with Crippen molar-refractivity contribution in [2.45, 2.75) is 6.61 Å². The molecule has 97 valence electrons. The zero-order valence-corrected chi connectivity index (χ0v) is 10.3. The highest BCUT2D eigenvalue weighted by molar-refractivity contribution is 6.13. The van der Waals surface area contributed by atoms with Gasteiger partial charge in [-0.25, -0.2) is 0 Å². The van der Waals surface area contributed by atoms with Crippen LogP contribution < -0.4 is 4.74 Å². The van der Waals surface area contributed by atoms with Crippen LogP contribution in [0.5, 0.6) is 5.75 Å². The average molecular weight is 257 g/mol. The lowest BCUT2D eigenvalue weighted by Gasteiger charge is -2.05. The minimum absolute atomic E-state index is 0. The standard InChI is InChI=1S/C14H12O2.BH2O2/c15-10-12-6-8-14(9-7-12)16-11-13-4-2-1-3-5-13;2-1-3/h1-10H,11H2;2-3H. The van der Waals surface area contributed by atoms with Crippen molar-refractivity contribution in [2.75, 3.05) is 0 Å². The minimum atomic E-state index is 0. The van der Waals surface area contributed by atoms with E-state index in [0.717, 1.165) is 17.6 Å². The summed E-state index contributed by atoms with van der Waals surface area (Å²) >= 11 is 0. The number of carbonyl (C=O) groups excluding carboxylic acids is 1. The molecule has 0 unspecified atom stereocenters. The van der Waals surface area contributed by atoms with Gasteiger partial charge in [-0.3, -0.25) is 4.79 Å². The Balaban J connectivity index is 0.000000550. The molecule has 0 saturated carbocycles. The first kappa shape index (κ1) is 15.0. The third-order valence-electron chi connectivity index (χ3n) is 2.26. The fraction of sp³-hybridized carbons (Fsp3) is 0.0714. The molecule has 5 heteroatoms. The van der Waals surface area contributed by atoms with Gasteiger partial charge in [0.1, 0.15) is 18.6 Å². The van der Waals surface area contributed by atoms with Crippen molar-refractivity contribution in [3.8, 4) is 5.75 Å². The Kier molecular flexibility index (Phi) is 7.01. The molecule has 0 aliphatic rings. The van der Waals surface area contributed by atoms with Gasteiger partial charge in [0.05, 0.1) is 0 Å². The second kappa shape index (κ2) is 8.91. The van der Waals surface area contributed by atoms with E-state index in [2.05, 4.69) is 0 Å². The molecule has 0 heterocycles. The Morgan fingerprint density at radius 2 is 1.58 bits per heavy atom. The van der Waals surface area contributed by atoms with E-state index < -0.39 is 0 Å². The normalized spacial score (nSPS) is 8.95. The molecule has 0 aromatic heterocycles. The van der Waals surface area contributed by atoms with Gasteiger partial charge in [-0.15, -0.1) is 0 Å². The van der Waals surface area contributed by atoms with E-state index in [1.165, 1.54) is 0 Å². The van der Waals surface area contributed by atoms with Crippen LogP contribution >= 0.6 is 0 Å². The Labute approximate surface area is 112 Å². The van der Waals surface area contributed by atoms with Crippen LogP contribution in [-0.4, -0.2) is 24.0 Å². The quantitative estimate of drug-likeness (QED) is 0.644. The molecule has 2 aromatic rings. The monoisotopic (exact) mass is 257 g/mol. The summed E-state index contributed by atoms with van der Waals surface area (Å²) in [4.78, 5) is 10.5. The van der Waals surface area contributed by atoms with E-state index in [1.807, 2.05) is 30.3 Å². The fourth-order valence-corrected chi connectivity index (χ4v) is 1.38. The second-order valence-corrected chi connectivity index (χ2v) is 3.58. The van der Waals surface area contributed by atoms with E-state index >= 15 is 0 Å². The highest BCUT2D eigenvalue weighted by Gasteiger charge is 1.95. The number of carbonyl (C=O) groups is 1. The Bertz CT molecular complexity index is 471. The zero-order chi connectivity index (χ0) is 13.9. The molecule has 1 radical (unpaired) electrons. The molecule has 19 heavy (non-hydrogen) atoms. The molecule has 2 aromatic carbocycles. The highest BCUT2D eigenvalue weighted by atomic mass is 16.5. The fourth-order valence-electron chi connectivity index (χ4n) is 1.38. The first-order chi connectivity index (χ1) is 9.30. The summed E-state index contributed by atoms with van der Waals surface area (Å²) in [6.07, 6.45) is 0.820. The van der Waals surface area contributed by atoms with Crippen LogP contribution in [-0.2, 0) is 6.61 Å². The van der Waals surface area contributed by atoms with Gasteiger partial charge < -0.3 is 14.8 Å². The summed E-state index contributed by atoms with van der Waals surface area (Å²) in [5.41, 5.74) is 1.79. The molecule has 0 fully saturated rings. The van der Waals surface area contributed by atoms with Gasteiger partial charge in [0, 0.05) is 5.56 Å². The molecule has 0 aliphatic heterocycles. The van der Waals surface area contributed by atoms with Gasteiger partial charge in [-0.1, -0.05) is 30.3 Å². The molecule has 0 aliphatic carbocycles. The molecule has 2 N–H and O–H groups in total.